The third-order valence-corrected chi connectivity index (χ3v) is 8.12. The van der Waals surface area contributed by atoms with E-state index in [2.05, 4.69) is 37.9 Å². The summed E-state index contributed by atoms with van der Waals surface area (Å²) >= 11 is 6.52. The molecule has 1 saturated heterocycles. The van der Waals surface area contributed by atoms with Gasteiger partial charge in [-0.25, -0.2) is 14.8 Å². The van der Waals surface area contributed by atoms with Crippen molar-refractivity contribution in [1.82, 2.24) is 24.7 Å². The van der Waals surface area contributed by atoms with E-state index in [1.165, 1.54) is 0 Å². The van der Waals surface area contributed by atoms with Crippen molar-refractivity contribution in [2.45, 2.75) is 70.8 Å². The molecule has 0 aliphatic carbocycles. The summed E-state index contributed by atoms with van der Waals surface area (Å²) in [5.41, 5.74) is 2.26. The number of ether oxygens (including phenoxy) is 2. The van der Waals surface area contributed by atoms with Gasteiger partial charge in [0.25, 0.3) is 0 Å². The molecule has 2 aromatic rings. The maximum absolute atomic E-state index is 12.8. The SMILES string of the molecule is COc1ccc(CN2C[C@@H](CCN(C)CCO)N(c3nc(Cl)nc4c3CCN(C(=O)OC(C)(C)C)C4)C[C@@H]2CC#N)cc1. The van der Waals surface area contributed by atoms with Gasteiger partial charge in [0.1, 0.15) is 17.2 Å². The monoisotopic (exact) mass is 613 g/mol. The van der Waals surface area contributed by atoms with Crippen LogP contribution in [0.15, 0.2) is 24.3 Å². The number of likely N-dealkylation sites (N-methyl/N-ethyl adjacent to an activating group) is 1. The minimum absolute atomic E-state index is 0.0234. The molecule has 4 rings (SSSR count). The minimum atomic E-state index is -0.594. The second kappa shape index (κ2) is 14.5. The number of nitrogens with zero attached hydrogens (tertiary/aromatic N) is 7. The largest absolute Gasteiger partial charge is 0.497 e. The Morgan fingerprint density at radius 2 is 1.93 bits per heavy atom. The third kappa shape index (κ3) is 8.70. The number of hydrogen-bond donors (Lipinski definition) is 1. The van der Waals surface area contributed by atoms with Gasteiger partial charge in [0.05, 0.1) is 38.4 Å². The smallest absolute Gasteiger partial charge is 0.410 e. The molecule has 43 heavy (non-hydrogen) atoms. The van der Waals surface area contributed by atoms with Crippen LogP contribution >= 0.6 is 11.6 Å². The van der Waals surface area contributed by atoms with Gasteiger partial charge in [-0.2, -0.15) is 5.26 Å². The predicted molar refractivity (Wildman–Crippen MR) is 165 cm³/mol. The van der Waals surface area contributed by atoms with Crippen molar-refractivity contribution in [1.29, 1.82) is 5.26 Å². The van der Waals surface area contributed by atoms with Crippen LogP contribution in [0.4, 0.5) is 10.6 Å². The van der Waals surface area contributed by atoms with Gasteiger partial charge in [-0.3, -0.25) is 4.90 Å². The standard InChI is InChI=1S/C31H44ClN7O4/c1-31(2,3)43-30(41)37-15-12-26-27(21-37)34-29(32)35-28(26)39-20-23(10-13-33)38(18-22-6-8-25(42-5)9-7-22)19-24(39)11-14-36(4)16-17-40/h6-9,23-24,40H,10-12,14-21H2,1-5H3/t23-,24+/m0/s1. The van der Waals surface area contributed by atoms with Gasteiger partial charge in [0.2, 0.25) is 5.28 Å². The number of benzene rings is 1. The molecule has 1 amide bonds. The van der Waals surface area contributed by atoms with Crippen molar-refractivity contribution < 1.29 is 19.4 Å². The molecule has 3 heterocycles. The van der Waals surface area contributed by atoms with Crippen molar-refractivity contribution in [3.8, 4) is 11.8 Å². The number of piperazine rings is 1. The van der Waals surface area contributed by atoms with Gasteiger partial charge in [-0.1, -0.05) is 12.1 Å². The maximum atomic E-state index is 12.8. The number of carbonyl (C=O) groups excluding carboxylic acids is 1. The Morgan fingerprint density at radius 1 is 1.19 bits per heavy atom. The molecule has 1 aromatic carbocycles. The molecule has 0 unspecified atom stereocenters. The second-order valence-corrected chi connectivity index (χ2v) is 12.6. The van der Waals surface area contributed by atoms with Crippen molar-refractivity contribution in [2.75, 3.05) is 58.4 Å². The molecule has 1 aromatic heterocycles. The molecular formula is C31H44ClN7O4. The fraction of sp³-hybridized carbons (Fsp3) is 0.613. The van der Waals surface area contributed by atoms with Crippen LogP contribution in [0.3, 0.4) is 0 Å². The summed E-state index contributed by atoms with van der Waals surface area (Å²) in [6.45, 7) is 9.86. The van der Waals surface area contributed by atoms with Gasteiger partial charge in [0.15, 0.2) is 0 Å². The maximum Gasteiger partial charge on any atom is 0.410 e. The summed E-state index contributed by atoms with van der Waals surface area (Å²) in [7, 11) is 3.66. The Labute approximate surface area is 259 Å². The number of hydrogen-bond acceptors (Lipinski definition) is 10. The van der Waals surface area contributed by atoms with Gasteiger partial charge in [-0.05, 0) is 76.5 Å². The first-order chi connectivity index (χ1) is 20.5. The number of carbonyl (C=O) groups is 1. The van der Waals surface area contributed by atoms with Crippen LogP contribution in [0.25, 0.3) is 0 Å². The van der Waals surface area contributed by atoms with E-state index in [1.54, 1.807) is 12.0 Å². The quantitative estimate of drug-likeness (QED) is 0.397. The number of rotatable bonds is 10. The molecule has 234 valence electrons. The van der Waals surface area contributed by atoms with Crippen LogP contribution in [0.2, 0.25) is 5.28 Å². The fourth-order valence-corrected chi connectivity index (χ4v) is 5.91. The van der Waals surface area contributed by atoms with Gasteiger partial charge in [0, 0.05) is 50.4 Å². The average molecular weight is 614 g/mol. The average Bonchev–Trinajstić information content (AvgIpc) is 2.96. The topological polar surface area (TPSA) is 118 Å². The summed E-state index contributed by atoms with van der Waals surface area (Å²) in [4.78, 5) is 30.6. The van der Waals surface area contributed by atoms with E-state index in [9.17, 15) is 15.2 Å². The van der Waals surface area contributed by atoms with Crippen molar-refractivity contribution in [3.63, 3.8) is 0 Å². The highest BCUT2D eigenvalue weighted by molar-refractivity contribution is 6.28. The van der Waals surface area contributed by atoms with Crippen LogP contribution in [-0.2, 0) is 24.2 Å². The number of nitriles is 1. The predicted octanol–water partition coefficient (Wildman–Crippen LogP) is 3.72. The Bertz CT molecular complexity index is 1280. The van der Waals surface area contributed by atoms with Gasteiger partial charge in [-0.15, -0.1) is 0 Å². The zero-order valence-electron chi connectivity index (χ0n) is 25.9. The number of fused-ring (bicyclic) bond motifs is 1. The van der Waals surface area contributed by atoms with Crippen LogP contribution in [-0.4, -0.2) is 107 Å². The molecule has 2 aliphatic heterocycles. The van der Waals surface area contributed by atoms with E-state index < -0.39 is 5.60 Å². The zero-order chi connectivity index (χ0) is 31.1. The number of aliphatic hydroxyl groups excluding tert-OH is 1. The van der Waals surface area contributed by atoms with Crippen molar-refractivity contribution in [3.05, 3.63) is 46.4 Å². The van der Waals surface area contributed by atoms with E-state index in [0.717, 1.165) is 47.9 Å². The summed E-state index contributed by atoms with van der Waals surface area (Å²) in [6.07, 6.45) is 1.40. The summed E-state index contributed by atoms with van der Waals surface area (Å²) in [5.74, 6) is 1.59. The molecule has 1 N–H and O–H groups in total. The van der Waals surface area contributed by atoms with Crippen LogP contribution < -0.4 is 9.64 Å². The van der Waals surface area contributed by atoms with Crippen LogP contribution in [0.5, 0.6) is 5.75 Å². The Kier molecular flexibility index (Phi) is 11.1. The summed E-state index contributed by atoms with van der Waals surface area (Å²) in [6, 6.07) is 10.5. The first kappa shape index (κ1) is 32.7. The molecule has 2 aliphatic rings. The molecular weight excluding hydrogens is 570 g/mol. The molecule has 0 bridgehead atoms. The normalized spacial score (nSPS) is 19.2. The molecule has 2 atom stereocenters. The summed E-state index contributed by atoms with van der Waals surface area (Å²) < 4.78 is 10.9. The molecule has 12 heteroatoms. The second-order valence-electron chi connectivity index (χ2n) is 12.3. The number of anilines is 1. The molecule has 1 fully saturated rings. The Hall–Kier alpha value is -3.17. The lowest BCUT2D eigenvalue weighted by Crippen LogP contribution is -2.59. The van der Waals surface area contributed by atoms with Crippen LogP contribution in [0, 0.1) is 11.3 Å². The number of halogens is 1. The van der Waals surface area contributed by atoms with Crippen LogP contribution in [0.1, 0.15) is 50.4 Å². The first-order valence-electron chi connectivity index (χ1n) is 14.8. The van der Waals surface area contributed by atoms with E-state index >= 15 is 0 Å². The van der Waals surface area contributed by atoms with Gasteiger partial charge >= 0.3 is 6.09 Å². The van der Waals surface area contributed by atoms with Gasteiger partial charge < -0.3 is 29.3 Å². The Morgan fingerprint density at radius 3 is 2.58 bits per heavy atom. The first-order valence-corrected chi connectivity index (χ1v) is 15.2. The minimum Gasteiger partial charge on any atom is -0.497 e. The highest BCUT2D eigenvalue weighted by atomic mass is 35.5. The lowest BCUT2D eigenvalue weighted by molar-refractivity contribution is 0.0220. The third-order valence-electron chi connectivity index (χ3n) is 7.95. The lowest BCUT2D eigenvalue weighted by Gasteiger charge is -2.47. The van der Waals surface area contributed by atoms with Crippen molar-refractivity contribution in [2.24, 2.45) is 0 Å². The Balaban J connectivity index is 1.64. The molecule has 0 spiro atoms. The van der Waals surface area contributed by atoms with E-state index in [4.69, 9.17) is 26.1 Å². The van der Waals surface area contributed by atoms with E-state index in [-0.39, 0.29) is 30.1 Å². The lowest BCUT2D eigenvalue weighted by atomic mass is 9.98. The molecule has 0 saturated carbocycles. The number of methoxy groups -OCH3 is 1. The van der Waals surface area contributed by atoms with Crippen molar-refractivity contribution >= 4 is 23.5 Å². The highest BCUT2D eigenvalue weighted by Crippen LogP contribution is 2.33. The highest BCUT2D eigenvalue weighted by Gasteiger charge is 2.37. The number of amides is 1. The molecule has 0 radical (unpaired) electrons. The summed E-state index contributed by atoms with van der Waals surface area (Å²) in [5, 5.41) is 19.4. The molecule has 11 nitrogen and oxygen atoms in total. The zero-order valence-corrected chi connectivity index (χ0v) is 26.7. The van der Waals surface area contributed by atoms with E-state index in [1.807, 2.05) is 40.0 Å². The number of aliphatic hydroxyl groups is 1. The van der Waals surface area contributed by atoms with E-state index in [0.29, 0.717) is 45.6 Å². The fourth-order valence-electron chi connectivity index (χ4n) is 5.73. The number of aromatic nitrogens is 2.